The van der Waals surface area contributed by atoms with E-state index in [4.69, 9.17) is 9.47 Å². The Balaban J connectivity index is 1.79. The average Bonchev–Trinajstić information content (AvgIpc) is 2.36. The second-order valence-electron chi connectivity index (χ2n) is 4.43. The van der Waals surface area contributed by atoms with Crippen LogP contribution in [0.2, 0.25) is 0 Å². The molecule has 1 aliphatic rings. The largest absolute Gasteiger partial charge is 0.376 e. The number of rotatable bonds is 4. The molecule has 2 heterocycles. The molecular formula is C15H15NO2. The number of hydrogen-bond acceptors (Lipinski definition) is 3. The third kappa shape index (κ3) is 2.28. The van der Waals surface area contributed by atoms with E-state index >= 15 is 0 Å². The highest BCUT2D eigenvalue weighted by molar-refractivity contribution is 5.81. The van der Waals surface area contributed by atoms with E-state index in [1.807, 2.05) is 24.3 Å². The predicted octanol–water partition coefficient (Wildman–Crippen LogP) is 2.79. The molecule has 3 nitrogen and oxygen atoms in total. The molecule has 0 saturated carbocycles. The van der Waals surface area contributed by atoms with E-state index in [2.05, 4.69) is 23.7 Å². The van der Waals surface area contributed by atoms with E-state index < -0.39 is 0 Å². The van der Waals surface area contributed by atoms with Crippen LogP contribution >= 0.6 is 0 Å². The molecule has 18 heavy (non-hydrogen) atoms. The maximum atomic E-state index is 5.65. The van der Waals surface area contributed by atoms with E-state index in [-0.39, 0.29) is 6.10 Å². The Kier molecular flexibility index (Phi) is 3.09. The van der Waals surface area contributed by atoms with E-state index in [1.165, 1.54) is 0 Å². The molecule has 0 N–H and O–H groups in total. The van der Waals surface area contributed by atoms with Crippen LogP contribution in [0.1, 0.15) is 11.3 Å². The van der Waals surface area contributed by atoms with Gasteiger partial charge in [-0.05, 0) is 23.8 Å². The van der Waals surface area contributed by atoms with Gasteiger partial charge >= 0.3 is 0 Å². The summed E-state index contributed by atoms with van der Waals surface area (Å²) < 4.78 is 10.7. The molecule has 0 bridgehead atoms. The fourth-order valence-corrected chi connectivity index (χ4v) is 1.91. The molecule has 0 unspecified atom stereocenters. The summed E-state index contributed by atoms with van der Waals surface area (Å²) in [7, 11) is 0. The fourth-order valence-electron chi connectivity index (χ4n) is 1.91. The monoisotopic (exact) mass is 241 g/mol. The summed E-state index contributed by atoms with van der Waals surface area (Å²) >= 11 is 0. The Morgan fingerprint density at radius 1 is 1.33 bits per heavy atom. The van der Waals surface area contributed by atoms with E-state index in [1.54, 1.807) is 0 Å². The Labute approximate surface area is 106 Å². The van der Waals surface area contributed by atoms with Crippen molar-refractivity contribution >= 4 is 17.0 Å². The highest BCUT2D eigenvalue weighted by atomic mass is 16.6. The third-order valence-corrected chi connectivity index (χ3v) is 3.08. The number of benzene rings is 1. The van der Waals surface area contributed by atoms with Crippen molar-refractivity contribution in [3.63, 3.8) is 0 Å². The Hall–Kier alpha value is -1.71. The van der Waals surface area contributed by atoms with E-state index in [9.17, 15) is 0 Å². The summed E-state index contributed by atoms with van der Waals surface area (Å²) in [6, 6.07) is 10.2. The number of aromatic nitrogens is 1. The maximum absolute atomic E-state index is 5.65. The predicted molar refractivity (Wildman–Crippen MR) is 71.2 cm³/mol. The van der Waals surface area contributed by atoms with Crippen LogP contribution < -0.4 is 0 Å². The van der Waals surface area contributed by atoms with Crippen LogP contribution in [0.4, 0.5) is 0 Å². The summed E-state index contributed by atoms with van der Waals surface area (Å²) in [6.45, 7) is 5.73. The Morgan fingerprint density at radius 3 is 2.94 bits per heavy atom. The van der Waals surface area contributed by atoms with Gasteiger partial charge in [0.2, 0.25) is 0 Å². The topological polar surface area (TPSA) is 31.4 Å². The number of fused-ring (bicyclic) bond motifs is 1. The molecule has 3 rings (SSSR count). The number of hydrogen-bond donors (Lipinski definition) is 0. The van der Waals surface area contributed by atoms with Gasteiger partial charge in [-0.15, -0.1) is 0 Å². The fraction of sp³-hybridized carbons (Fsp3) is 0.267. The van der Waals surface area contributed by atoms with E-state index in [0.717, 1.165) is 22.2 Å². The van der Waals surface area contributed by atoms with Gasteiger partial charge in [-0.2, -0.15) is 0 Å². The van der Waals surface area contributed by atoms with Crippen molar-refractivity contribution in [1.29, 1.82) is 0 Å². The summed E-state index contributed by atoms with van der Waals surface area (Å²) in [5, 5.41) is 1.13. The lowest BCUT2D eigenvalue weighted by molar-refractivity contribution is -0.135. The molecule has 0 spiro atoms. The molecule has 0 radical (unpaired) electrons. The van der Waals surface area contributed by atoms with Gasteiger partial charge in [0.05, 0.1) is 31.0 Å². The molecule has 1 saturated heterocycles. The first-order valence-corrected chi connectivity index (χ1v) is 6.06. The third-order valence-electron chi connectivity index (χ3n) is 3.08. The average molecular weight is 241 g/mol. The summed E-state index contributed by atoms with van der Waals surface area (Å²) in [5.41, 5.74) is 3.06. The normalized spacial score (nSPS) is 15.6. The molecule has 1 fully saturated rings. The highest BCUT2D eigenvalue weighted by Gasteiger charge is 2.18. The van der Waals surface area contributed by atoms with E-state index in [0.29, 0.717) is 19.8 Å². The number of nitrogens with zero attached hydrogens (tertiary/aromatic N) is 1. The lowest BCUT2D eigenvalue weighted by Crippen LogP contribution is -2.35. The lowest BCUT2D eigenvalue weighted by Gasteiger charge is -2.25. The Bertz CT molecular complexity index is 576. The first kappa shape index (κ1) is 11.4. The summed E-state index contributed by atoms with van der Waals surface area (Å²) in [5.74, 6) is 0. The summed E-state index contributed by atoms with van der Waals surface area (Å²) in [6.07, 6.45) is 2.08. The van der Waals surface area contributed by atoms with Gasteiger partial charge in [0.25, 0.3) is 0 Å². The standard InChI is InChI=1S/C15H15NO2/c1-2-11-3-6-15-12(7-11)4-5-13(16-15)8-18-14-9-17-10-14/h2-7,14H,1,8-10H2. The van der Waals surface area contributed by atoms with Crippen molar-refractivity contribution in [2.45, 2.75) is 12.7 Å². The summed E-state index contributed by atoms with van der Waals surface area (Å²) in [4.78, 5) is 4.58. The zero-order chi connectivity index (χ0) is 12.4. The molecule has 1 aliphatic heterocycles. The first-order valence-electron chi connectivity index (χ1n) is 6.06. The van der Waals surface area contributed by atoms with Crippen molar-refractivity contribution in [2.24, 2.45) is 0 Å². The number of ether oxygens (including phenoxy) is 2. The minimum atomic E-state index is 0.241. The molecule has 3 heteroatoms. The van der Waals surface area contributed by atoms with Gasteiger partial charge in [0.1, 0.15) is 6.10 Å². The highest BCUT2D eigenvalue weighted by Crippen LogP contribution is 2.17. The van der Waals surface area contributed by atoms with Crippen molar-refractivity contribution in [2.75, 3.05) is 13.2 Å². The van der Waals surface area contributed by atoms with Crippen LogP contribution in [0.15, 0.2) is 36.9 Å². The molecule has 1 aromatic carbocycles. The van der Waals surface area contributed by atoms with Crippen molar-refractivity contribution in [1.82, 2.24) is 4.98 Å². The molecule has 0 atom stereocenters. The molecule has 2 aromatic rings. The van der Waals surface area contributed by atoms with Gasteiger partial charge in [-0.1, -0.05) is 24.8 Å². The van der Waals surface area contributed by atoms with Gasteiger partial charge < -0.3 is 9.47 Å². The minimum Gasteiger partial charge on any atom is -0.376 e. The van der Waals surface area contributed by atoms with Crippen molar-refractivity contribution in [3.8, 4) is 0 Å². The molecule has 92 valence electrons. The molecular weight excluding hydrogens is 226 g/mol. The maximum Gasteiger partial charge on any atom is 0.105 e. The van der Waals surface area contributed by atoms with Crippen molar-refractivity contribution in [3.05, 3.63) is 48.2 Å². The van der Waals surface area contributed by atoms with Crippen LogP contribution in [0.3, 0.4) is 0 Å². The SMILES string of the molecule is C=Cc1ccc2nc(COC3COC3)ccc2c1. The minimum absolute atomic E-state index is 0.241. The molecule has 1 aromatic heterocycles. The van der Waals surface area contributed by atoms with Crippen LogP contribution in [-0.2, 0) is 16.1 Å². The van der Waals surface area contributed by atoms with Crippen LogP contribution in [0.5, 0.6) is 0 Å². The van der Waals surface area contributed by atoms with Crippen LogP contribution in [0.25, 0.3) is 17.0 Å². The molecule has 0 aliphatic carbocycles. The van der Waals surface area contributed by atoms with Gasteiger partial charge in [-0.3, -0.25) is 4.98 Å². The van der Waals surface area contributed by atoms with Gasteiger partial charge in [0.15, 0.2) is 0 Å². The van der Waals surface area contributed by atoms with Crippen LogP contribution in [0, 0.1) is 0 Å². The second kappa shape index (κ2) is 4.88. The first-order chi connectivity index (χ1) is 8.85. The Morgan fingerprint density at radius 2 is 2.22 bits per heavy atom. The zero-order valence-electron chi connectivity index (χ0n) is 10.1. The lowest BCUT2D eigenvalue weighted by atomic mass is 10.1. The quantitative estimate of drug-likeness (QED) is 0.824. The number of pyridine rings is 1. The molecule has 0 amide bonds. The smallest absolute Gasteiger partial charge is 0.105 e. The second-order valence-corrected chi connectivity index (χ2v) is 4.43. The zero-order valence-corrected chi connectivity index (χ0v) is 10.1. The van der Waals surface area contributed by atoms with Gasteiger partial charge in [-0.25, -0.2) is 0 Å². The van der Waals surface area contributed by atoms with Gasteiger partial charge in [0, 0.05) is 5.39 Å². The van der Waals surface area contributed by atoms with Crippen LogP contribution in [-0.4, -0.2) is 24.3 Å². The van der Waals surface area contributed by atoms with Crippen molar-refractivity contribution < 1.29 is 9.47 Å².